The van der Waals surface area contributed by atoms with Crippen LogP contribution in [0.1, 0.15) is 52.4 Å². The number of ether oxygens (including phenoxy) is 1. The molecule has 0 amide bonds. The summed E-state index contributed by atoms with van der Waals surface area (Å²) in [5.74, 6) is 0. The van der Waals surface area contributed by atoms with Crippen LogP contribution < -0.4 is 5.32 Å². The molecular weight excluding hydrogens is 224 g/mol. The van der Waals surface area contributed by atoms with Gasteiger partial charge in [0, 0.05) is 25.8 Å². The van der Waals surface area contributed by atoms with Crippen LogP contribution >= 0.6 is 0 Å². The van der Waals surface area contributed by atoms with E-state index < -0.39 is 0 Å². The van der Waals surface area contributed by atoms with Crippen molar-refractivity contribution in [1.82, 2.24) is 10.2 Å². The second-order valence-electron chi connectivity index (χ2n) is 5.65. The van der Waals surface area contributed by atoms with Crippen molar-refractivity contribution in [3.63, 3.8) is 0 Å². The molecule has 3 heteroatoms. The highest BCUT2D eigenvalue weighted by molar-refractivity contribution is 4.76. The highest BCUT2D eigenvalue weighted by Crippen LogP contribution is 2.10. The van der Waals surface area contributed by atoms with Gasteiger partial charge in [-0.15, -0.1) is 0 Å². The number of nitrogens with zero attached hydrogens (tertiary/aromatic N) is 1. The first-order chi connectivity index (χ1) is 8.76. The van der Waals surface area contributed by atoms with Gasteiger partial charge in [0.25, 0.3) is 0 Å². The van der Waals surface area contributed by atoms with Crippen LogP contribution in [0, 0.1) is 0 Å². The lowest BCUT2D eigenvalue weighted by atomic mass is 10.1. The molecule has 108 valence electrons. The summed E-state index contributed by atoms with van der Waals surface area (Å²) in [6.07, 6.45) is 7.68. The molecule has 0 aromatic carbocycles. The van der Waals surface area contributed by atoms with Crippen LogP contribution in [-0.2, 0) is 4.74 Å². The Labute approximate surface area is 113 Å². The molecule has 1 heterocycles. The van der Waals surface area contributed by atoms with E-state index in [2.05, 4.69) is 24.1 Å². The first kappa shape index (κ1) is 15.9. The largest absolute Gasteiger partial charge is 0.385 e. The molecule has 2 atom stereocenters. The Morgan fingerprint density at radius 2 is 1.94 bits per heavy atom. The lowest BCUT2D eigenvalue weighted by Crippen LogP contribution is -2.44. The number of methoxy groups -OCH3 is 1. The second-order valence-corrected chi connectivity index (χ2v) is 5.65. The van der Waals surface area contributed by atoms with Crippen LogP contribution in [-0.4, -0.2) is 50.3 Å². The summed E-state index contributed by atoms with van der Waals surface area (Å²) in [5.41, 5.74) is 0. The molecule has 1 aliphatic rings. The summed E-state index contributed by atoms with van der Waals surface area (Å²) < 4.78 is 5.09. The maximum atomic E-state index is 5.09. The molecule has 1 fully saturated rings. The van der Waals surface area contributed by atoms with Gasteiger partial charge >= 0.3 is 0 Å². The van der Waals surface area contributed by atoms with Gasteiger partial charge in [-0.1, -0.05) is 6.92 Å². The molecule has 1 saturated heterocycles. The summed E-state index contributed by atoms with van der Waals surface area (Å²) in [7, 11) is 1.79. The molecular formula is C15H32N2O. The van der Waals surface area contributed by atoms with Crippen LogP contribution in [0.4, 0.5) is 0 Å². The molecule has 0 spiro atoms. The van der Waals surface area contributed by atoms with E-state index in [4.69, 9.17) is 4.74 Å². The van der Waals surface area contributed by atoms with Gasteiger partial charge in [0.15, 0.2) is 0 Å². The van der Waals surface area contributed by atoms with E-state index in [0.29, 0.717) is 6.04 Å². The van der Waals surface area contributed by atoms with Crippen molar-refractivity contribution in [1.29, 1.82) is 0 Å². The number of hydrogen-bond donors (Lipinski definition) is 1. The fourth-order valence-corrected chi connectivity index (χ4v) is 2.70. The quantitative estimate of drug-likeness (QED) is 0.709. The molecule has 1 aliphatic heterocycles. The van der Waals surface area contributed by atoms with E-state index in [1.54, 1.807) is 7.11 Å². The number of rotatable bonds is 7. The first-order valence-electron chi connectivity index (χ1n) is 7.73. The lowest BCUT2D eigenvalue weighted by molar-refractivity contribution is 0.184. The Kier molecular flexibility index (Phi) is 8.64. The van der Waals surface area contributed by atoms with Crippen molar-refractivity contribution in [2.75, 3.05) is 33.4 Å². The van der Waals surface area contributed by atoms with Crippen molar-refractivity contribution in [2.24, 2.45) is 0 Å². The second kappa shape index (κ2) is 9.76. The fraction of sp³-hybridized carbons (Fsp3) is 1.00. The predicted octanol–water partition coefficient (Wildman–Crippen LogP) is 2.66. The zero-order valence-electron chi connectivity index (χ0n) is 12.6. The lowest BCUT2D eigenvalue weighted by Gasteiger charge is -2.32. The Balaban J connectivity index is 2.19. The Morgan fingerprint density at radius 1 is 1.17 bits per heavy atom. The molecule has 2 unspecified atom stereocenters. The van der Waals surface area contributed by atoms with Crippen LogP contribution in [0.5, 0.6) is 0 Å². The summed E-state index contributed by atoms with van der Waals surface area (Å²) in [6.45, 7) is 9.33. The molecule has 0 bridgehead atoms. The van der Waals surface area contributed by atoms with Crippen molar-refractivity contribution < 1.29 is 4.74 Å². The average Bonchev–Trinajstić information content (AvgIpc) is 2.36. The molecule has 0 aliphatic carbocycles. The minimum absolute atomic E-state index is 0.672. The Morgan fingerprint density at radius 3 is 2.67 bits per heavy atom. The monoisotopic (exact) mass is 256 g/mol. The first-order valence-corrected chi connectivity index (χ1v) is 7.73. The van der Waals surface area contributed by atoms with Crippen LogP contribution in [0.2, 0.25) is 0 Å². The van der Waals surface area contributed by atoms with E-state index in [1.165, 1.54) is 58.2 Å². The van der Waals surface area contributed by atoms with Gasteiger partial charge < -0.3 is 15.0 Å². The molecule has 0 radical (unpaired) electrons. The Hall–Kier alpha value is -0.120. The number of hydrogen-bond acceptors (Lipinski definition) is 3. The van der Waals surface area contributed by atoms with Gasteiger partial charge in [-0.3, -0.25) is 0 Å². The molecule has 0 aromatic heterocycles. The van der Waals surface area contributed by atoms with E-state index in [9.17, 15) is 0 Å². The van der Waals surface area contributed by atoms with Gasteiger partial charge in [0.1, 0.15) is 0 Å². The smallest absolute Gasteiger partial charge is 0.0462 e. The van der Waals surface area contributed by atoms with E-state index in [1.807, 2.05) is 0 Å². The van der Waals surface area contributed by atoms with Gasteiger partial charge in [-0.05, 0) is 65.1 Å². The number of nitrogens with one attached hydrogen (secondary N) is 1. The molecule has 3 nitrogen and oxygen atoms in total. The SMILES string of the molecule is CCC1CCN(CCCCCOC)CCC(C)N1. The highest BCUT2D eigenvalue weighted by Gasteiger charge is 2.16. The fourth-order valence-electron chi connectivity index (χ4n) is 2.70. The van der Waals surface area contributed by atoms with Gasteiger partial charge in [-0.2, -0.15) is 0 Å². The summed E-state index contributed by atoms with van der Waals surface area (Å²) in [5, 5.41) is 3.73. The zero-order chi connectivity index (χ0) is 13.2. The van der Waals surface area contributed by atoms with E-state index in [0.717, 1.165) is 12.6 Å². The van der Waals surface area contributed by atoms with Crippen molar-refractivity contribution in [2.45, 2.75) is 64.5 Å². The maximum Gasteiger partial charge on any atom is 0.0462 e. The molecule has 18 heavy (non-hydrogen) atoms. The maximum absolute atomic E-state index is 5.09. The van der Waals surface area contributed by atoms with Crippen molar-refractivity contribution >= 4 is 0 Å². The summed E-state index contributed by atoms with van der Waals surface area (Å²) >= 11 is 0. The predicted molar refractivity (Wildman–Crippen MR) is 78.1 cm³/mol. The zero-order valence-corrected chi connectivity index (χ0v) is 12.6. The summed E-state index contributed by atoms with van der Waals surface area (Å²) in [4.78, 5) is 2.66. The third kappa shape index (κ3) is 6.72. The van der Waals surface area contributed by atoms with E-state index in [-0.39, 0.29) is 0 Å². The van der Waals surface area contributed by atoms with Crippen LogP contribution in [0.3, 0.4) is 0 Å². The summed E-state index contributed by atoms with van der Waals surface area (Å²) in [6, 6.07) is 1.39. The number of unbranched alkanes of at least 4 members (excludes halogenated alkanes) is 2. The van der Waals surface area contributed by atoms with E-state index >= 15 is 0 Å². The molecule has 1 rings (SSSR count). The van der Waals surface area contributed by atoms with Crippen LogP contribution in [0.25, 0.3) is 0 Å². The van der Waals surface area contributed by atoms with Gasteiger partial charge in [-0.25, -0.2) is 0 Å². The third-order valence-corrected chi connectivity index (χ3v) is 4.01. The topological polar surface area (TPSA) is 24.5 Å². The molecule has 0 saturated carbocycles. The normalized spacial score (nSPS) is 26.8. The third-order valence-electron chi connectivity index (χ3n) is 4.01. The van der Waals surface area contributed by atoms with Crippen molar-refractivity contribution in [3.05, 3.63) is 0 Å². The standard InChI is InChI=1S/C15H32N2O/c1-4-15-9-12-17(11-8-14(2)16-15)10-6-5-7-13-18-3/h14-16H,4-13H2,1-3H3. The molecule has 1 N–H and O–H groups in total. The van der Waals surface area contributed by atoms with Gasteiger partial charge in [0.05, 0.1) is 0 Å². The van der Waals surface area contributed by atoms with Crippen molar-refractivity contribution in [3.8, 4) is 0 Å². The average molecular weight is 256 g/mol. The van der Waals surface area contributed by atoms with Crippen LogP contribution in [0.15, 0.2) is 0 Å². The Bertz CT molecular complexity index is 199. The highest BCUT2D eigenvalue weighted by atomic mass is 16.5. The van der Waals surface area contributed by atoms with Gasteiger partial charge in [0.2, 0.25) is 0 Å². The minimum atomic E-state index is 0.672. The molecule has 0 aromatic rings. The minimum Gasteiger partial charge on any atom is -0.385 e.